The number of hydrogen-bond acceptors (Lipinski definition) is 5. The molecular weight excluding hydrogens is 352 g/mol. The van der Waals surface area contributed by atoms with Crippen LogP contribution in [0.2, 0.25) is 0 Å². The number of ether oxygens (including phenoxy) is 2. The summed E-state index contributed by atoms with van der Waals surface area (Å²) in [6.45, 7) is 1.23. The second-order valence-electron chi connectivity index (χ2n) is 6.06. The third kappa shape index (κ3) is 4.42. The molecule has 1 aliphatic rings. The van der Waals surface area contributed by atoms with Crippen LogP contribution in [0, 0.1) is 0 Å². The standard InChI is InChI=1S/C19H22N2O4S/c1-24-9-8-20-18(22)17-11-16(25-15-5-3-2-4-6-15)12-21(17)19(23)14-7-10-26-13-14/h2-7,10,13,16-17H,8-9,11-12H2,1H3,(H,20,22)/t16-,17-/m0/s1. The zero-order chi connectivity index (χ0) is 18.4. The summed E-state index contributed by atoms with van der Waals surface area (Å²) in [4.78, 5) is 27.0. The van der Waals surface area contributed by atoms with Gasteiger partial charge in [-0.2, -0.15) is 11.3 Å². The highest BCUT2D eigenvalue weighted by Crippen LogP contribution is 2.25. The van der Waals surface area contributed by atoms with E-state index < -0.39 is 6.04 Å². The molecule has 1 aliphatic heterocycles. The largest absolute Gasteiger partial charge is 0.488 e. The van der Waals surface area contributed by atoms with Crippen molar-refractivity contribution in [3.63, 3.8) is 0 Å². The number of thiophene rings is 1. The van der Waals surface area contributed by atoms with Gasteiger partial charge < -0.3 is 19.7 Å². The Kier molecular flexibility index (Phi) is 6.25. The van der Waals surface area contributed by atoms with Crippen molar-refractivity contribution in [3.05, 3.63) is 52.7 Å². The monoisotopic (exact) mass is 374 g/mol. The van der Waals surface area contributed by atoms with Crippen LogP contribution in [0.25, 0.3) is 0 Å². The Labute approximate surface area is 156 Å². The molecule has 2 amide bonds. The Bertz CT molecular complexity index is 720. The number of rotatable bonds is 7. The van der Waals surface area contributed by atoms with Crippen LogP contribution < -0.4 is 10.1 Å². The van der Waals surface area contributed by atoms with E-state index in [0.29, 0.717) is 31.7 Å². The number of hydrogen-bond donors (Lipinski definition) is 1. The summed E-state index contributed by atoms with van der Waals surface area (Å²) in [6, 6.07) is 10.7. The van der Waals surface area contributed by atoms with Gasteiger partial charge >= 0.3 is 0 Å². The molecule has 0 saturated carbocycles. The fourth-order valence-corrected chi connectivity index (χ4v) is 3.62. The van der Waals surface area contributed by atoms with Crippen LogP contribution in [-0.4, -0.2) is 55.7 Å². The SMILES string of the molecule is COCCNC(=O)[C@@H]1C[C@H](Oc2ccccc2)CN1C(=O)c1ccsc1. The number of likely N-dealkylation sites (tertiary alicyclic amines) is 1. The first-order chi connectivity index (χ1) is 12.7. The van der Waals surface area contributed by atoms with Crippen LogP contribution in [0.3, 0.4) is 0 Å². The van der Waals surface area contributed by atoms with Crippen molar-refractivity contribution in [1.82, 2.24) is 10.2 Å². The van der Waals surface area contributed by atoms with Crippen molar-refractivity contribution in [1.29, 1.82) is 0 Å². The van der Waals surface area contributed by atoms with Crippen molar-refractivity contribution in [2.75, 3.05) is 26.8 Å². The van der Waals surface area contributed by atoms with E-state index >= 15 is 0 Å². The fraction of sp³-hybridized carbons (Fsp3) is 0.368. The molecule has 0 aliphatic carbocycles. The summed E-state index contributed by atoms with van der Waals surface area (Å²) in [7, 11) is 1.58. The second kappa shape index (κ2) is 8.82. The van der Waals surface area contributed by atoms with Gasteiger partial charge in [0.05, 0.1) is 18.7 Å². The molecule has 0 radical (unpaired) electrons. The van der Waals surface area contributed by atoms with Crippen LogP contribution in [0.5, 0.6) is 5.75 Å². The molecule has 138 valence electrons. The van der Waals surface area contributed by atoms with E-state index in [1.54, 1.807) is 23.5 Å². The average Bonchev–Trinajstić information content (AvgIpc) is 3.32. The number of methoxy groups -OCH3 is 1. The summed E-state index contributed by atoms with van der Waals surface area (Å²) in [6.07, 6.45) is 0.238. The number of para-hydroxylation sites is 1. The minimum absolute atomic E-state index is 0.141. The Morgan fingerprint density at radius 3 is 2.77 bits per heavy atom. The molecule has 2 heterocycles. The van der Waals surface area contributed by atoms with Gasteiger partial charge in [0.1, 0.15) is 17.9 Å². The van der Waals surface area contributed by atoms with Crippen LogP contribution in [0.1, 0.15) is 16.8 Å². The zero-order valence-corrected chi connectivity index (χ0v) is 15.4. The maximum absolute atomic E-state index is 12.8. The molecule has 0 unspecified atom stereocenters. The van der Waals surface area contributed by atoms with Gasteiger partial charge in [-0.3, -0.25) is 9.59 Å². The molecule has 1 fully saturated rings. The summed E-state index contributed by atoms with van der Waals surface area (Å²) in [5.41, 5.74) is 0.602. The van der Waals surface area contributed by atoms with E-state index in [9.17, 15) is 9.59 Å². The van der Waals surface area contributed by atoms with Crippen molar-refractivity contribution in [3.8, 4) is 5.75 Å². The maximum atomic E-state index is 12.8. The molecule has 1 aromatic heterocycles. The molecule has 3 rings (SSSR count). The first-order valence-electron chi connectivity index (χ1n) is 8.50. The lowest BCUT2D eigenvalue weighted by Crippen LogP contribution is -2.46. The summed E-state index contributed by atoms with van der Waals surface area (Å²) >= 11 is 1.46. The molecule has 2 aromatic rings. The highest BCUT2D eigenvalue weighted by atomic mass is 32.1. The Hall–Kier alpha value is -2.38. The van der Waals surface area contributed by atoms with Gasteiger partial charge in [0.15, 0.2) is 0 Å². The maximum Gasteiger partial charge on any atom is 0.255 e. The first kappa shape index (κ1) is 18.4. The van der Waals surface area contributed by atoms with E-state index in [1.165, 1.54) is 11.3 Å². The van der Waals surface area contributed by atoms with Crippen LogP contribution in [0.4, 0.5) is 0 Å². The molecule has 6 nitrogen and oxygen atoms in total. The Balaban J connectivity index is 1.72. The third-order valence-corrected chi connectivity index (χ3v) is 4.93. The van der Waals surface area contributed by atoms with Crippen LogP contribution in [0.15, 0.2) is 47.2 Å². The number of benzene rings is 1. The smallest absolute Gasteiger partial charge is 0.255 e. The van der Waals surface area contributed by atoms with Gasteiger partial charge in [-0.15, -0.1) is 0 Å². The lowest BCUT2D eigenvalue weighted by atomic mass is 10.1. The van der Waals surface area contributed by atoms with Gasteiger partial charge in [0.2, 0.25) is 5.91 Å². The van der Waals surface area contributed by atoms with Crippen molar-refractivity contribution in [2.45, 2.75) is 18.6 Å². The number of amides is 2. The van der Waals surface area contributed by atoms with Gasteiger partial charge in [-0.25, -0.2) is 0 Å². The van der Waals surface area contributed by atoms with Crippen LogP contribution >= 0.6 is 11.3 Å². The lowest BCUT2D eigenvalue weighted by Gasteiger charge is -2.23. The third-order valence-electron chi connectivity index (χ3n) is 4.25. The summed E-state index contributed by atoms with van der Waals surface area (Å²) < 4.78 is 11.0. The number of nitrogens with zero attached hydrogens (tertiary/aromatic N) is 1. The topological polar surface area (TPSA) is 67.9 Å². The first-order valence-corrected chi connectivity index (χ1v) is 9.45. The molecule has 1 aromatic carbocycles. The minimum atomic E-state index is -0.548. The highest BCUT2D eigenvalue weighted by Gasteiger charge is 2.41. The second-order valence-corrected chi connectivity index (χ2v) is 6.84. The van der Waals surface area contributed by atoms with E-state index in [-0.39, 0.29) is 17.9 Å². The van der Waals surface area contributed by atoms with Crippen molar-refractivity contribution in [2.24, 2.45) is 0 Å². The Morgan fingerprint density at radius 1 is 1.27 bits per heavy atom. The van der Waals surface area contributed by atoms with E-state index in [1.807, 2.05) is 35.7 Å². The average molecular weight is 374 g/mol. The van der Waals surface area contributed by atoms with Gasteiger partial charge in [0, 0.05) is 25.5 Å². The van der Waals surface area contributed by atoms with E-state index in [0.717, 1.165) is 5.75 Å². The number of nitrogens with one attached hydrogen (secondary N) is 1. The van der Waals surface area contributed by atoms with Gasteiger partial charge in [0.25, 0.3) is 5.91 Å². The van der Waals surface area contributed by atoms with Crippen molar-refractivity contribution < 1.29 is 19.1 Å². The number of carbonyl (C=O) groups is 2. The van der Waals surface area contributed by atoms with Crippen molar-refractivity contribution >= 4 is 23.2 Å². The molecule has 26 heavy (non-hydrogen) atoms. The molecule has 1 saturated heterocycles. The van der Waals surface area contributed by atoms with Gasteiger partial charge in [-0.1, -0.05) is 18.2 Å². The Morgan fingerprint density at radius 2 is 2.08 bits per heavy atom. The van der Waals surface area contributed by atoms with E-state index in [4.69, 9.17) is 9.47 Å². The molecule has 2 atom stereocenters. The quantitative estimate of drug-likeness (QED) is 0.755. The predicted octanol–water partition coefficient (Wildman–Crippen LogP) is 2.17. The lowest BCUT2D eigenvalue weighted by molar-refractivity contribution is -0.125. The molecule has 0 bridgehead atoms. The summed E-state index contributed by atoms with van der Waals surface area (Å²) in [5, 5.41) is 6.48. The fourth-order valence-electron chi connectivity index (χ4n) is 2.99. The number of carbonyl (C=O) groups excluding carboxylic acids is 2. The van der Waals surface area contributed by atoms with E-state index in [2.05, 4.69) is 5.32 Å². The molecule has 7 heteroatoms. The normalized spacial score (nSPS) is 19.3. The summed E-state index contributed by atoms with van der Waals surface area (Å²) in [5.74, 6) is 0.419. The minimum Gasteiger partial charge on any atom is -0.488 e. The molecular formula is C19H22N2O4S. The van der Waals surface area contributed by atoms with Gasteiger partial charge in [-0.05, 0) is 23.6 Å². The molecule has 1 N–H and O–H groups in total. The highest BCUT2D eigenvalue weighted by molar-refractivity contribution is 7.08. The molecule has 0 spiro atoms. The zero-order valence-electron chi connectivity index (χ0n) is 14.6. The van der Waals surface area contributed by atoms with Crippen LogP contribution in [-0.2, 0) is 9.53 Å². The predicted molar refractivity (Wildman–Crippen MR) is 99.5 cm³/mol.